The average molecular weight is 432 g/mol. The maximum atomic E-state index is 13.2. The lowest BCUT2D eigenvalue weighted by Gasteiger charge is -2.32. The second kappa shape index (κ2) is 7.91. The van der Waals surface area contributed by atoms with E-state index in [0.29, 0.717) is 27.7 Å². The third-order valence-corrected chi connectivity index (χ3v) is 6.12. The molecule has 0 saturated heterocycles. The Labute approximate surface area is 174 Å². The van der Waals surface area contributed by atoms with Crippen LogP contribution in [0.1, 0.15) is 22.8 Å². The van der Waals surface area contributed by atoms with Crippen molar-refractivity contribution in [1.29, 1.82) is 0 Å². The first-order chi connectivity index (χ1) is 14.4. The number of aromatic nitrogens is 1. The number of fused-ring (bicyclic) bond motifs is 1. The van der Waals surface area contributed by atoms with Gasteiger partial charge >= 0.3 is 11.5 Å². The van der Waals surface area contributed by atoms with Crippen molar-refractivity contribution < 1.29 is 23.0 Å². The molecule has 3 aromatic rings. The lowest BCUT2D eigenvalue weighted by atomic mass is 9.90. The monoisotopic (exact) mass is 432 g/mol. The highest BCUT2D eigenvalue weighted by Crippen LogP contribution is 2.45. The van der Waals surface area contributed by atoms with Crippen LogP contribution in [-0.2, 0) is 11.8 Å². The van der Waals surface area contributed by atoms with E-state index in [1.54, 1.807) is 50.6 Å². The first kappa shape index (κ1) is 20.1. The van der Waals surface area contributed by atoms with Crippen molar-refractivity contribution in [2.75, 3.05) is 12.0 Å². The van der Waals surface area contributed by atoms with E-state index in [9.17, 15) is 18.4 Å². The fraction of sp³-hybridized carbons (Fsp3) is 0.238. The third-order valence-electron chi connectivity index (χ3n) is 4.98. The van der Waals surface area contributed by atoms with Gasteiger partial charge in [-0.3, -0.25) is 19.1 Å². The van der Waals surface area contributed by atoms with Crippen LogP contribution in [0.5, 0.6) is 11.5 Å². The van der Waals surface area contributed by atoms with Gasteiger partial charge in [0.15, 0.2) is 0 Å². The molecule has 6 nitrogen and oxygen atoms in total. The van der Waals surface area contributed by atoms with Gasteiger partial charge in [-0.05, 0) is 42.0 Å². The van der Waals surface area contributed by atoms with Crippen LogP contribution in [0.4, 0.5) is 20.3 Å². The zero-order valence-electron chi connectivity index (χ0n) is 16.2. The summed E-state index contributed by atoms with van der Waals surface area (Å²) >= 11 is 1.05. The Morgan fingerprint density at radius 2 is 1.83 bits per heavy atom. The van der Waals surface area contributed by atoms with Crippen molar-refractivity contribution >= 4 is 28.7 Å². The molecule has 9 heteroatoms. The summed E-state index contributed by atoms with van der Waals surface area (Å²) in [6, 6.07) is 13.2. The molecule has 0 saturated carbocycles. The minimum atomic E-state index is -2.94. The number of amides is 1. The normalized spacial score (nSPS) is 16.0. The van der Waals surface area contributed by atoms with E-state index >= 15 is 0 Å². The molecular weight excluding hydrogens is 414 g/mol. The summed E-state index contributed by atoms with van der Waals surface area (Å²) in [6.07, 6.45) is 0.0944. The van der Waals surface area contributed by atoms with E-state index in [1.165, 1.54) is 21.6 Å². The van der Waals surface area contributed by atoms with Crippen LogP contribution < -0.4 is 19.2 Å². The number of carbonyl (C=O) groups excluding carboxylic acids is 1. The first-order valence-corrected chi connectivity index (χ1v) is 9.92. The SMILES string of the molecule is COc1ccc(N2C(=O)C[C@@H](c3cccc(OC(F)F)c3)c3sc(=O)n(C)c32)cc1. The number of hydrogen-bond acceptors (Lipinski definition) is 5. The van der Waals surface area contributed by atoms with Crippen molar-refractivity contribution in [2.24, 2.45) is 7.05 Å². The van der Waals surface area contributed by atoms with Gasteiger partial charge in [0.25, 0.3) is 0 Å². The lowest BCUT2D eigenvalue weighted by molar-refractivity contribution is -0.118. The molecule has 0 radical (unpaired) electrons. The van der Waals surface area contributed by atoms with E-state index in [0.717, 1.165) is 11.3 Å². The number of ether oxygens (including phenoxy) is 2. The zero-order chi connectivity index (χ0) is 21.4. The number of rotatable bonds is 5. The predicted octanol–water partition coefficient (Wildman–Crippen LogP) is 4.26. The van der Waals surface area contributed by atoms with Gasteiger partial charge in [-0.2, -0.15) is 8.78 Å². The van der Waals surface area contributed by atoms with Gasteiger partial charge in [0.2, 0.25) is 5.91 Å². The smallest absolute Gasteiger partial charge is 0.387 e. The van der Waals surface area contributed by atoms with E-state index in [2.05, 4.69) is 4.74 Å². The van der Waals surface area contributed by atoms with Crippen molar-refractivity contribution in [3.63, 3.8) is 0 Å². The molecule has 1 aliphatic rings. The second-order valence-corrected chi connectivity index (χ2v) is 7.74. The first-order valence-electron chi connectivity index (χ1n) is 9.10. The number of anilines is 2. The summed E-state index contributed by atoms with van der Waals surface area (Å²) in [7, 11) is 3.17. The Bertz CT molecular complexity index is 1140. The van der Waals surface area contributed by atoms with Crippen molar-refractivity contribution in [2.45, 2.75) is 19.0 Å². The van der Waals surface area contributed by atoms with E-state index in [-0.39, 0.29) is 23.0 Å². The number of methoxy groups -OCH3 is 1. The van der Waals surface area contributed by atoms with Crippen LogP contribution in [0.25, 0.3) is 0 Å². The minimum absolute atomic E-state index is 0.0114. The van der Waals surface area contributed by atoms with E-state index < -0.39 is 12.5 Å². The molecule has 4 rings (SSSR count). The minimum Gasteiger partial charge on any atom is -0.497 e. The van der Waals surface area contributed by atoms with Crippen molar-refractivity contribution in [1.82, 2.24) is 4.57 Å². The molecule has 0 aliphatic carbocycles. The lowest BCUT2D eigenvalue weighted by Crippen LogP contribution is -2.34. The maximum absolute atomic E-state index is 13.2. The van der Waals surface area contributed by atoms with Gasteiger partial charge in [-0.25, -0.2) is 0 Å². The molecule has 0 spiro atoms. The molecule has 1 aromatic heterocycles. The summed E-state index contributed by atoms with van der Waals surface area (Å²) in [5.74, 6) is 0.513. The number of alkyl halides is 2. The highest BCUT2D eigenvalue weighted by atomic mass is 32.1. The quantitative estimate of drug-likeness (QED) is 0.605. The molecule has 0 unspecified atom stereocenters. The molecule has 2 aromatic carbocycles. The standard InChI is InChI=1S/C21H18F2N2O4S/c1-24-19-18(30-21(24)27)16(12-4-3-5-15(10-12)29-20(22)23)11-17(26)25(19)13-6-8-14(28-2)9-7-13/h3-10,16,20H,11H2,1-2H3/t16-/m0/s1. The van der Waals surface area contributed by atoms with Gasteiger partial charge in [0.05, 0.1) is 17.7 Å². The summed E-state index contributed by atoms with van der Waals surface area (Å²) in [5.41, 5.74) is 1.25. The second-order valence-electron chi connectivity index (χ2n) is 6.75. The summed E-state index contributed by atoms with van der Waals surface area (Å²) in [5, 5.41) is 0. The van der Waals surface area contributed by atoms with Crippen molar-refractivity contribution in [3.05, 3.63) is 68.6 Å². The van der Waals surface area contributed by atoms with Gasteiger partial charge in [0.1, 0.15) is 17.3 Å². The highest BCUT2D eigenvalue weighted by Gasteiger charge is 2.37. The van der Waals surface area contributed by atoms with Crippen LogP contribution >= 0.6 is 11.3 Å². The van der Waals surface area contributed by atoms with Crippen LogP contribution in [-0.4, -0.2) is 24.2 Å². The fourth-order valence-corrected chi connectivity index (χ4v) is 4.69. The third kappa shape index (κ3) is 3.56. The fourth-order valence-electron chi connectivity index (χ4n) is 3.60. The maximum Gasteiger partial charge on any atom is 0.387 e. The number of carbonyl (C=O) groups is 1. The summed E-state index contributed by atoms with van der Waals surface area (Å²) < 4.78 is 36.3. The Morgan fingerprint density at radius 1 is 1.10 bits per heavy atom. The largest absolute Gasteiger partial charge is 0.497 e. The zero-order valence-corrected chi connectivity index (χ0v) is 17.0. The molecule has 0 N–H and O–H groups in total. The van der Waals surface area contributed by atoms with E-state index in [1.807, 2.05) is 0 Å². The summed E-state index contributed by atoms with van der Waals surface area (Å²) in [4.78, 5) is 27.6. The molecule has 1 aliphatic heterocycles. The van der Waals surface area contributed by atoms with Gasteiger partial charge < -0.3 is 9.47 Å². The molecule has 30 heavy (non-hydrogen) atoms. The Kier molecular flexibility index (Phi) is 5.29. The Balaban J connectivity index is 1.80. The number of benzene rings is 2. The van der Waals surface area contributed by atoms with E-state index in [4.69, 9.17) is 4.74 Å². The molecule has 156 valence electrons. The molecular formula is C21H18F2N2O4S. The van der Waals surface area contributed by atoms with Crippen LogP contribution in [0.15, 0.2) is 53.3 Å². The number of halogens is 2. The molecule has 1 atom stereocenters. The Hall–Kier alpha value is -3.20. The highest BCUT2D eigenvalue weighted by molar-refractivity contribution is 7.10. The van der Waals surface area contributed by atoms with Gasteiger partial charge in [-0.1, -0.05) is 23.5 Å². The number of hydrogen-bond donors (Lipinski definition) is 0. The van der Waals surface area contributed by atoms with Crippen LogP contribution in [0.2, 0.25) is 0 Å². The van der Waals surface area contributed by atoms with Crippen LogP contribution in [0, 0.1) is 0 Å². The average Bonchev–Trinajstić information content (AvgIpc) is 3.02. The Morgan fingerprint density at radius 3 is 2.50 bits per heavy atom. The molecule has 2 heterocycles. The molecule has 1 amide bonds. The van der Waals surface area contributed by atoms with Crippen molar-refractivity contribution in [3.8, 4) is 11.5 Å². The molecule has 0 bridgehead atoms. The predicted molar refractivity (Wildman–Crippen MR) is 109 cm³/mol. The van der Waals surface area contributed by atoms with Gasteiger partial charge in [-0.15, -0.1) is 0 Å². The van der Waals surface area contributed by atoms with Crippen LogP contribution in [0.3, 0.4) is 0 Å². The summed E-state index contributed by atoms with van der Waals surface area (Å²) in [6.45, 7) is -2.94. The number of nitrogens with zero attached hydrogens (tertiary/aromatic N) is 2. The van der Waals surface area contributed by atoms with Gasteiger partial charge in [0, 0.05) is 19.4 Å². The topological polar surface area (TPSA) is 60.8 Å². The molecule has 0 fully saturated rings. The number of thiazole rings is 1.